The van der Waals surface area contributed by atoms with Gasteiger partial charge in [-0.2, -0.15) is 0 Å². The smallest absolute Gasteiger partial charge is 0.274 e. The fourth-order valence-electron chi connectivity index (χ4n) is 3.55. The van der Waals surface area contributed by atoms with Crippen LogP contribution in [0.1, 0.15) is 12.8 Å². The van der Waals surface area contributed by atoms with Gasteiger partial charge in [0.1, 0.15) is 23.4 Å². The first-order valence-corrected chi connectivity index (χ1v) is 12.6. The van der Waals surface area contributed by atoms with Crippen LogP contribution in [0.4, 0.5) is 0 Å². The maximum absolute atomic E-state index is 12.6. The van der Waals surface area contributed by atoms with Crippen LogP contribution in [0.2, 0.25) is 0 Å². The van der Waals surface area contributed by atoms with Crippen LogP contribution in [0.3, 0.4) is 0 Å². The van der Waals surface area contributed by atoms with E-state index in [2.05, 4.69) is 4.98 Å². The van der Waals surface area contributed by atoms with Crippen molar-refractivity contribution < 1.29 is 27.4 Å². The second-order valence-corrected chi connectivity index (χ2v) is 10.4. The molecular weight excluding hydrogens is 452 g/mol. The Morgan fingerprint density at radius 1 is 1.06 bits per heavy atom. The Morgan fingerprint density at radius 2 is 1.72 bits per heavy atom. The highest BCUT2D eigenvalue weighted by molar-refractivity contribution is 7.92. The number of carbonyl (C=O) groups is 1. The quantitative estimate of drug-likeness (QED) is 0.517. The van der Waals surface area contributed by atoms with E-state index >= 15 is 0 Å². The summed E-state index contributed by atoms with van der Waals surface area (Å²) in [5, 5.41) is 0.583. The zero-order valence-electron chi connectivity index (χ0n) is 17.8. The summed E-state index contributed by atoms with van der Waals surface area (Å²) in [6.07, 6.45) is 1.17. The minimum atomic E-state index is -3.71. The van der Waals surface area contributed by atoms with Gasteiger partial charge in [-0.05, 0) is 42.5 Å². The van der Waals surface area contributed by atoms with E-state index in [1.807, 2.05) is 18.2 Å². The van der Waals surface area contributed by atoms with Crippen molar-refractivity contribution >= 4 is 37.3 Å². The number of likely N-dealkylation sites (tertiary alicyclic amines) is 1. The minimum absolute atomic E-state index is 0.0697. The molecule has 2 aromatic carbocycles. The Bertz CT molecular complexity index is 1200. The molecule has 0 atom stereocenters. The Balaban J connectivity index is 1.32. The third kappa shape index (κ3) is 4.97. The van der Waals surface area contributed by atoms with Gasteiger partial charge >= 0.3 is 0 Å². The number of rotatable bonds is 7. The fourth-order valence-corrected chi connectivity index (χ4v) is 5.68. The molecule has 0 spiro atoms. The number of fused-ring (bicyclic) bond motifs is 1. The van der Waals surface area contributed by atoms with Crippen LogP contribution in [0.5, 0.6) is 16.7 Å². The average Bonchev–Trinajstić information content (AvgIpc) is 3.20. The van der Waals surface area contributed by atoms with Gasteiger partial charge in [-0.15, -0.1) is 0 Å². The molecule has 0 radical (unpaired) electrons. The molecule has 1 saturated heterocycles. The largest absolute Gasteiger partial charge is 0.497 e. The third-order valence-corrected chi connectivity index (χ3v) is 7.90. The van der Waals surface area contributed by atoms with E-state index in [1.54, 1.807) is 24.1 Å². The highest BCUT2D eigenvalue weighted by atomic mass is 32.2. The molecule has 0 bridgehead atoms. The maximum Gasteiger partial charge on any atom is 0.274 e. The molecule has 0 aliphatic carbocycles. The van der Waals surface area contributed by atoms with E-state index in [0.29, 0.717) is 36.9 Å². The lowest BCUT2D eigenvalue weighted by Gasteiger charge is -2.31. The summed E-state index contributed by atoms with van der Waals surface area (Å²) in [6.45, 7) is 0.890. The topological polar surface area (TPSA) is 95.0 Å². The van der Waals surface area contributed by atoms with Crippen molar-refractivity contribution in [3.63, 3.8) is 0 Å². The van der Waals surface area contributed by atoms with E-state index in [-0.39, 0.29) is 11.0 Å². The highest BCUT2D eigenvalue weighted by Crippen LogP contribution is 2.32. The maximum atomic E-state index is 12.6. The Morgan fingerprint density at radius 3 is 2.38 bits per heavy atom. The number of hydrogen-bond donors (Lipinski definition) is 0. The SMILES string of the molecule is COc1ccc(S(=O)(=O)CC(=O)N2CCC(Oc3nc4ccc(OC)cc4s3)CC2)cc1. The first-order valence-electron chi connectivity index (χ1n) is 10.1. The molecule has 1 fully saturated rings. The predicted octanol–water partition coefficient (Wildman–Crippen LogP) is 3.16. The van der Waals surface area contributed by atoms with Crippen LogP contribution in [0.15, 0.2) is 47.4 Å². The number of carbonyl (C=O) groups excluding carboxylic acids is 1. The molecule has 0 N–H and O–H groups in total. The zero-order valence-corrected chi connectivity index (χ0v) is 19.4. The van der Waals surface area contributed by atoms with Gasteiger partial charge in [0.05, 0.1) is 29.3 Å². The first kappa shape index (κ1) is 22.3. The molecule has 1 aromatic heterocycles. The monoisotopic (exact) mass is 476 g/mol. The molecule has 1 aliphatic heterocycles. The average molecular weight is 477 g/mol. The number of sulfone groups is 1. The van der Waals surface area contributed by atoms with Crippen molar-refractivity contribution in [2.75, 3.05) is 33.1 Å². The van der Waals surface area contributed by atoms with Crippen molar-refractivity contribution in [1.29, 1.82) is 0 Å². The van der Waals surface area contributed by atoms with E-state index in [1.165, 1.54) is 30.6 Å². The molecule has 32 heavy (non-hydrogen) atoms. The number of aromatic nitrogens is 1. The summed E-state index contributed by atoms with van der Waals surface area (Å²) in [5.41, 5.74) is 0.849. The van der Waals surface area contributed by atoms with Crippen LogP contribution in [-0.4, -0.2) is 63.4 Å². The molecular formula is C22H24N2O6S2. The standard InChI is InChI=1S/C22H24N2O6S2/c1-28-15-3-6-18(7-4-15)32(26,27)14-21(25)24-11-9-16(10-12-24)30-22-23-19-8-5-17(29-2)13-20(19)31-22/h3-8,13,16H,9-12,14H2,1-2H3. The Hall–Kier alpha value is -2.85. The summed E-state index contributed by atoms with van der Waals surface area (Å²) < 4.78 is 42.5. The molecule has 10 heteroatoms. The molecule has 0 saturated carbocycles. The molecule has 8 nitrogen and oxygen atoms in total. The summed E-state index contributed by atoms with van der Waals surface area (Å²) in [5.74, 6) is 0.380. The molecule has 1 amide bonds. The van der Waals surface area contributed by atoms with Crippen LogP contribution in [-0.2, 0) is 14.6 Å². The number of benzene rings is 2. The second-order valence-electron chi connectivity index (χ2n) is 7.45. The molecule has 170 valence electrons. The number of nitrogens with zero attached hydrogens (tertiary/aromatic N) is 2. The van der Waals surface area contributed by atoms with Crippen LogP contribution in [0.25, 0.3) is 10.2 Å². The van der Waals surface area contributed by atoms with Crippen molar-refractivity contribution in [3.05, 3.63) is 42.5 Å². The number of hydrogen-bond acceptors (Lipinski definition) is 8. The van der Waals surface area contributed by atoms with Crippen LogP contribution < -0.4 is 14.2 Å². The summed E-state index contributed by atoms with van der Waals surface area (Å²) in [4.78, 5) is 18.8. The van der Waals surface area contributed by atoms with E-state index in [4.69, 9.17) is 14.2 Å². The molecule has 1 aliphatic rings. The lowest BCUT2D eigenvalue weighted by Crippen LogP contribution is -2.44. The van der Waals surface area contributed by atoms with E-state index in [9.17, 15) is 13.2 Å². The van der Waals surface area contributed by atoms with Gasteiger partial charge in [0.15, 0.2) is 9.84 Å². The van der Waals surface area contributed by atoms with E-state index < -0.39 is 21.5 Å². The Kier molecular flexibility index (Phi) is 6.52. The molecule has 4 rings (SSSR count). The van der Waals surface area contributed by atoms with Gasteiger partial charge < -0.3 is 19.1 Å². The predicted molar refractivity (Wildman–Crippen MR) is 121 cm³/mol. The number of thiazole rings is 1. The third-order valence-electron chi connectivity index (χ3n) is 5.37. The van der Waals surface area contributed by atoms with Crippen molar-refractivity contribution in [2.45, 2.75) is 23.8 Å². The van der Waals surface area contributed by atoms with Crippen molar-refractivity contribution in [2.24, 2.45) is 0 Å². The molecule has 2 heterocycles. The van der Waals surface area contributed by atoms with Crippen molar-refractivity contribution in [1.82, 2.24) is 9.88 Å². The van der Waals surface area contributed by atoms with Gasteiger partial charge in [-0.3, -0.25) is 4.79 Å². The summed E-state index contributed by atoms with van der Waals surface area (Å²) >= 11 is 1.45. The second kappa shape index (κ2) is 9.33. The van der Waals surface area contributed by atoms with Crippen LogP contribution >= 0.6 is 11.3 Å². The van der Waals surface area contributed by atoms with Gasteiger partial charge in [-0.25, -0.2) is 13.4 Å². The number of methoxy groups -OCH3 is 2. The van der Waals surface area contributed by atoms with Crippen LogP contribution in [0, 0.1) is 0 Å². The highest BCUT2D eigenvalue weighted by Gasteiger charge is 2.28. The van der Waals surface area contributed by atoms with E-state index in [0.717, 1.165) is 16.0 Å². The normalized spacial score (nSPS) is 15.0. The number of piperidine rings is 1. The van der Waals surface area contributed by atoms with Crippen molar-refractivity contribution in [3.8, 4) is 16.7 Å². The van der Waals surface area contributed by atoms with Gasteiger partial charge in [-0.1, -0.05) is 11.3 Å². The Labute approximate surface area is 190 Å². The fraction of sp³-hybridized carbons (Fsp3) is 0.364. The minimum Gasteiger partial charge on any atom is -0.497 e. The number of ether oxygens (including phenoxy) is 3. The number of amides is 1. The van der Waals surface area contributed by atoms with Gasteiger partial charge in [0.25, 0.3) is 5.19 Å². The summed E-state index contributed by atoms with van der Waals surface area (Å²) in [7, 11) is -0.583. The van der Waals surface area contributed by atoms with Gasteiger partial charge in [0.2, 0.25) is 5.91 Å². The lowest BCUT2D eigenvalue weighted by molar-refractivity contribution is -0.130. The van der Waals surface area contributed by atoms with Gasteiger partial charge in [0, 0.05) is 25.9 Å². The first-order chi connectivity index (χ1) is 15.4. The molecule has 0 unspecified atom stereocenters. The summed E-state index contributed by atoms with van der Waals surface area (Å²) in [6, 6.07) is 11.7. The zero-order chi connectivity index (χ0) is 22.7. The lowest BCUT2D eigenvalue weighted by atomic mass is 10.1. The molecule has 3 aromatic rings.